The van der Waals surface area contributed by atoms with Crippen molar-refractivity contribution in [2.45, 2.75) is 18.5 Å². The Balaban J connectivity index is 2.80. The predicted octanol–water partition coefficient (Wildman–Crippen LogP) is 1.81. The monoisotopic (exact) mass is 262 g/mol. The van der Waals surface area contributed by atoms with E-state index in [-0.39, 0.29) is 6.04 Å². The zero-order valence-electron chi connectivity index (χ0n) is 9.18. The van der Waals surface area contributed by atoms with Crippen LogP contribution in [-0.4, -0.2) is 36.1 Å². The first-order valence-corrected chi connectivity index (χ1v) is 6.01. The van der Waals surface area contributed by atoms with Gasteiger partial charge in [0.05, 0.1) is 4.34 Å². The summed E-state index contributed by atoms with van der Waals surface area (Å²) in [5, 5.41) is 8.80. The molecule has 16 heavy (non-hydrogen) atoms. The molecule has 6 heteroatoms. The third-order valence-corrected chi connectivity index (χ3v) is 3.67. The Morgan fingerprint density at radius 3 is 2.62 bits per heavy atom. The van der Waals surface area contributed by atoms with Gasteiger partial charge < -0.3 is 15.7 Å². The molecule has 3 N–H and O–H groups in total. The average molecular weight is 263 g/mol. The first kappa shape index (κ1) is 13.4. The third-order valence-electron chi connectivity index (χ3n) is 2.34. The molecule has 2 unspecified atom stereocenters. The standard InChI is InChI=1S/C10H15ClN2O2S/c1-13(2)7(5-6(12)10(14)15)8-3-4-9(11)16-8/h3-4,6-7H,5,12H2,1-2H3,(H,14,15). The maximum Gasteiger partial charge on any atom is 0.320 e. The molecule has 90 valence electrons. The summed E-state index contributed by atoms with van der Waals surface area (Å²) in [7, 11) is 3.79. The Kier molecular flexibility index (Phi) is 4.73. The molecule has 0 bridgehead atoms. The number of halogens is 1. The van der Waals surface area contributed by atoms with Crippen molar-refractivity contribution < 1.29 is 9.90 Å². The highest BCUT2D eigenvalue weighted by Gasteiger charge is 2.23. The number of carbonyl (C=O) groups is 1. The summed E-state index contributed by atoms with van der Waals surface area (Å²) in [5.41, 5.74) is 5.54. The fourth-order valence-electron chi connectivity index (χ4n) is 1.43. The predicted molar refractivity (Wildman–Crippen MR) is 66.0 cm³/mol. The van der Waals surface area contributed by atoms with Gasteiger partial charge in [0, 0.05) is 10.9 Å². The molecule has 0 spiro atoms. The normalized spacial score (nSPS) is 15.1. The molecule has 1 heterocycles. The minimum atomic E-state index is -0.977. The second-order valence-electron chi connectivity index (χ2n) is 3.80. The van der Waals surface area contributed by atoms with Crippen LogP contribution in [0.1, 0.15) is 17.3 Å². The number of carboxylic acids is 1. The van der Waals surface area contributed by atoms with Crippen molar-refractivity contribution in [2.24, 2.45) is 5.73 Å². The molecule has 1 aromatic heterocycles. The summed E-state index contributed by atoms with van der Waals surface area (Å²) in [5.74, 6) is -0.977. The van der Waals surface area contributed by atoms with Crippen LogP contribution in [0.3, 0.4) is 0 Å². The minimum Gasteiger partial charge on any atom is -0.480 e. The van der Waals surface area contributed by atoms with Gasteiger partial charge in [0.15, 0.2) is 0 Å². The smallest absolute Gasteiger partial charge is 0.320 e. The lowest BCUT2D eigenvalue weighted by Crippen LogP contribution is -2.35. The fraction of sp³-hybridized carbons (Fsp3) is 0.500. The van der Waals surface area contributed by atoms with Gasteiger partial charge in [0.1, 0.15) is 6.04 Å². The Morgan fingerprint density at radius 1 is 1.62 bits per heavy atom. The molecule has 1 aromatic rings. The van der Waals surface area contributed by atoms with Gasteiger partial charge in [-0.1, -0.05) is 11.6 Å². The van der Waals surface area contributed by atoms with E-state index in [1.807, 2.05) is 31.1 Å². The van der Waals surface area contributed by atoms with E-state index in [4.69, 9.17) is 22.4 Å². The minimum absolute atomic E-state index is 0.0106. The number of hydrogen-bond donors (Lipinski definition) is 2. The van der Waals surface area contributed by atoms with Crippen LogP contribution in [0.2, 0.25) is 4.34 Å². The summed E-state index contributed by atoms with van der Waals surface area (Å²) >= 11 is 7.31. The molecule has 0 radical (unpaired) electrons. The number of carboxylic acid groups (broad SMARTS) is 1. The largest absolute Gasteiger partial charge is 0.480 e. The maximum atomic E-state index is 10.7. The molecular weight excluding hydrogens is 248 g/mol. The fourth-order valence-corrected chi connectivity index (χ4v) is 2.70. The van der Waals surface area contributed by atoms with Crippen molar-refractivity contribution in [3.05, 3.63) is 21.3 Å². The van der Waals surface area contributed by atoms with Gasteiger partial charge in [0.25, 0.3) is 0 Å². The van der Waals surface area contributed by atoms with Crippen LogP contribution in [-0.2, 0) is 4.79 Å². The van der Waals surface area contributed by atoms with Crippen LogP contribution >= 0.6 is 22.9 Å². The summed E-state index contributed by atoms with van der Waals surface area (Å²) < 4.78 is 0.700. The molecule has 0 fully saturated rings. The molecule has 1 rings (SSSR count). The van der Waals surface area contributed by atoms with E-state index in [0.717, 1.165) is 4.88 Å². The Hall–Kier alpha value is -0.620. The Morgan fingerprint density at radius 2 is 2.25 bits per heavy atom. The van der Waals surface area contributed by atoms with Crippen molar-refractivity contribution in [2.75, 3.05) is 14.1 Å². The zero-order valence-corrected chi connectivity index (χ0v) is 10.8. The topological polar surface area (TPSA) is 66.6 Å². The van der Waals surface area contributed by atoms with E-state index in [1.165, 1.54) is 11.3 Å². The first-order valence-electron chi connectivity index (χ1n) is 4.82. The SMILES string of the molecule is CN(C)C(CC(N)C(=O)O)c1ccc(Cl)s1. The van der Waals surface area contributed by atoms with Crippen molar-refractivity contribution in [1.82, 2.24) is 4.90 Å². The summed E-state index contributed by atoms with van der Waals surface area (Å²) in [6, 6.07) is 2.85. The van der Waals surface area contributed by atoms with E-state index in [1.54, 1.807) is 0 Å². The second kappa shape index (κ2) is 5.63. The number of nitrogens with zero attached hydrogens (tertiary/aromatic N) is 1. The van der Waals surface area contributed by atoms with Gasteiger partial charge in [-0.3, -0.25) is 4.79 Å². The molecule has 0 amide bonds. The van der Waals surface area contributed by atoms with Gasteiger partial charge in [-0.05, 0) is 32.6 Å². The summed E-state index contributed by atoms with van der Waals surface area (Å²) in [6.45, 7) is 0. The number of hydrogen-bond acceptors (Lipinski definition) is 4. The number of aliphatic carboxylic acids is 1. The van der Waals surface area contributed by atoms with Crippen LogP contribution < -0.4 is 5.73 Å². The van der Waals surface area contributed by atoms with Crippen molar-refractivity contribution >= 4 is 28.9 Å². The zero-order chi connectivity index (χ0) is 12.3. The molecular formula is C10H15ClN2O2S. The molecule has 0 aromatic carbocycles. The Bertz CT molecular complexity index is 367. The molecule has 0 saturated carbocycles. The lowest BCUT2D eigenvalue weighted by Gasteiger charge is -2.24. The Labute approximate surface area is 104 Å². The highest BCUT2D eigenvalue weighted by molar-refractivity contribution is 7.16. The third kappa shape index (κ3) is 3.45. The van der Waals surface area contributed by atoms with Crippen LogP contribution in [0.15, 0.2) is 12.1 Å². The highest BCUT2D eigenvalue weighted by Crippen LogP contribution is 2.31. The number of rotatable bonds is 5. The van der Waals surface area contributed by atoms with Crippen molar-refractivity contribution in [1.29, 1.82) is 0 Å². The first-order chi connectivity index (χ1) is 7.41. The summed E-state index contributed by atoms with van der Waals surface area (Å²) in [6.07, 6.45) is 0.374. The molecule has 2 atom stereocenters. The van der Waals surface area contributed by atoms with Gasteiger partial charge in [-0.25, -0.2) is 0 Å². The molecule has 0 aliphatic heterocycles. The van der Waals surface area contributed by atoms with Crippen LogP contribution in [0, 0.1) is 0 Å². The van der Waals surface area contributed by atoms with Crippen LogP contribution in [0.4, 0.5) is 0 Å². The average Bonchev–Trinajstić information content (AvgIpc) is 2.59. The van der Waals surface area contributed by atoms with Gasteiger partial charge in [-0.15, -0.1) is 11.3 Å². The number of thiophene rings is 1. The van der Waals surface area contributed by atoms with E-state index < -0.39 is 12.0 Å². The van der Waals surface area contributed by atoms with Gasteiger partial charge >= 0.3 is 5.97 Å². The number of nitrogens with two attached hydrogens (primary N) is 1. The lowest BCUT2D eigenvalue weighted by atomic mass is 10.1. The van der Waals surface area contributed by atoms with Crippen LogP contribution in [0.5, 0.6) is 0 Å². The molecule has 0 saturated heterocycles. The van der Waals surface area contributed by atoms with E-state index in [9.17, 15) is 4.79 Å². The lowest BCUT2D eigenvalue weighted by molar-refractivity contribution is -0.139. The van der Waals surface area contributed by atoms with Gasteiger partial charge in [-0.2, -0.15) is 0 Å². The second-order valence-corrected chi connectivity index (χ2v) is 5.55. The molecule has 0 aliphatic carbocycles. The van der Waals surface area contributed by atoms with Crippen molar-refractivity contribution in [3.8, 4) is 0 Å². The van der Waals surface area contributed by atoms with Crippen molar-refractivity contribution in [3.63, 3.8) is 0 Å². The van der Waals surface area contributed by atoms with Crippen LogP contribution in [0.25, 0.3) is 0 Å². The van der Waals surface area contributed by atoms with E-state index >= 15 is 0 Å². The highest BCUT2D eigenvalue weighted by atomic mass is 35.5. The molecule has 4 nitrogen and oxygen atoms in total. The van der Waals surface area contributed by atoms with E-state index in [0.29, 0.717) is 10.8 Å². The van der Waals surface area contributed by atoms with E-state index in [2.05, 4.69) is 0 Å². The maximum absolute atomic E-state index is 10.7. The summed E-state index contributed by atoms with van der Waals surface area (Å²) in [4.78, 5) is 13.7. The molecule has 0 aliphatic rings. The quantitative estimate of drug-likeness (QED) is 0.849. The van der Waals surface area contributed by atoms with Gasteiger partial charge in [0.2, 0.25) is 0 Å².